The van der Waals surface area contributed by atoms with Crippen LogP contribution in [0.15, 0.2) is 34.8 Å². The number of allylic oxidation sites excluding steroid dienone is 2. The highest BCUT2D eigenvalue weighted by atomic mass is 79.9. The van der Waals surface area contributed by atoms with Crippen molar-refractivity contribution in [1.82, 2.24) is 0 Å². The lowest BCUT2D eigenvalue weighted by Crippen LogP contribution is -2.37. The predicted molar refractivity (Wildman–Crippen MR) is 80.4 cm³/mol. The molecule has 2 aliphatic carbocycles. The summed E-state index contributed by atoms with van der Waals surface area (Å²) in [6.07, 6.45) is -0.758. The number of hydrogen-bond donors (Lipinski definition) is 1. The molecule has 1 aromatic carbocycles. The van der Waals surface area contributed by atoms with E-state index in [1.807, 2.05) is 12.2 Å². The maximum atomic E-state index is 13.1. The number of rotatable bonds is 1. The van der Waals surface area contributed by atoms with Crippen molar-refractivity contribution in [3.8, 4) is 0 Å². The monoisotopic (exact) mass is 387 g/mol. The third kappa shape index (κ3) is 2.09. The second-order valence-electron chi connectivity index (χ2n) is 6.34. The summed E-state index contributed by atoms with van der Waals surface area (Å²) in [6.45, 7) is 0. The number of nitrogens with zero attached hydrogens (tertiary/aromatic N) is 1. The van der Waals surface area contributed by atoms with Gasteiger partial charge in [-0.25, -0.2) is 0 Å². The third-order valence-corrected chi connectivity index (χ3v) is 5.88. The number of benzene rings is 1. The van der Waals surface area contributed by atoms with E-state index in [1.165, 1.54) is 12.1 Å². The summed E-state index contributed by atoms with van der Waals surface area (Å²) < 4.78 is 39.1. The lowest BCUT2D eigenvalue weighted by molar-refractivity contribution is -0.138. The van der Waals surface area contributed by atoms with Gasteiger partial charge in [0.05, 0.1) is 11.5 Å². The van der Waals surface area contributed by atoms with E-state index in [-0.39, 0.29) is 39.7 Å². The fourth-order valence-electron chi connectivity index (χ4n) is 4.24. The second-order valence-corrected chi connectivity index (χ2v) is 7.19. The van der Waals surface area contributed by atoms with Gasteiger partial charge in [-0.1, -0.05) is 28.1 Å². The molecule has 3 aliphatic rings. The van der Waals surface area contributed by atoms with Crippen LogP contribution in [0.4, 0.5) is 18.9 Å². The molecule has 122 valence electrons. The predicted octanol–water partition coefficient (Wildman–Crippen LogP) is 3.57. The number of amides is 1. The van der Waals surface area contributed by atoms with E-state index in [0.717, 1.165) is 17.4 Å². The molecule has 0 radical (unpaired) electrons. The molecular weight excluding hydrogens is 375 g/mol. The number of carbonyl (C=O) groups excluding carboxylic acids is 1. The Kier molecular flexibility index (Phi) is 3.19. The summed E-state index contributed by atoms with van der Waals surface area (Å²) in [7, 11) is 0. The Morgan fingerprint density at radius 2 is 1.91 bits per heavy atom. The van der Waals surface area contributed by atoms with Gasteiger partial charge < -0.3 is 5.11 Å². The van der Waals surface area contributed by atoms with Crippen LogP contribution in [0.1, 0.15) is 12.0 Å². The molecule has 23 heavy (non-hydrogen) atoms. The summed E-state index contributed by atoms with van der Waals surface area (Å²) in [6, 6.07) is 3.61. The first-order valence-electron chi connectivity index (χ1n) is 7.35. The summed E-state index contributed by atoms with van der Waals surface area (Å²) in [5.41, 5.74) is -0.764. The van der Waals surface area contributed by atoms with E-state index in [4.69, 9.17) is 0 Å². The molecule has 1 unspecified atom stereocenters. The zero-order valence-electron chi connectivity index (χ0n) is 11.8. The molecule has 2 bridgehead atoms. The molecule has 1 saturated carbocycles. The number of aliphatic hydroxyl groups is 1. The molecule has 1 N–H and O–H groups in total. The molecule has 1 amide bonds. The molecule has 1 saturated heterocycles. The Labute approximate surface area is 138 Å². The van der Waals surface area contributed by atoms with Gasteiger partial charge in [0.1, 0.15) is 6.23 Å². The molecular formula is C16H13BrF3NO2. The summed E-state index contributed by atoms with van der Waals surface area (Å²) >= 11 is 2.89. The first kappa shape index (κ1) is 15.2. The molecule has 0 aromatic heterocycles. The van der Waals surface area contributed by atoms with Crippen molar-refractivity contribution < 1.29 is 23.1 Å². The Bertz CT molecular complexity index is 718. The smallest absolute Gasteiger partial charge is 0.373 e. The van der Waals surface area contributed by atoms with Crippen LogP contribution in [0.2, 0.25) is 0 Å². The molecule has 3 nitrogen and oxygen atoms in total. The van der Waals surface area contributed by atoms with E-state index >= 15 is 0 Å². The van der Waals surface area contributed by atoms with Gasteiger partial charge in [0.2, 0.25) is 5.91 Å². The van der Waals surface area contributed by atoms with Crippen LogP contribution >= 0.6 is 15.9 Å². The molecule has 2 fully saturated rings. The Morgan fingerprint density at radius 3 is 2.57 bits per heavy atom. The average molecular weight is 388 g/mol. The van der Waals surface area contributed by atoms with Crippen LogP contribution in [-0.2, 0) is 11.0 Å². The van der Waals surface area contributed by atoms with E-state index < -0.39 is 18.0 Å². The van der Waals surface area contributed by atoms with E-state index in [9.17, 15) is 23.1 Å². The lowest BCUT2D eigenvalue weighted by Gasteiger charge is -2.26. The summed E-state index contributed by atoms with van der Waals surface area (Å²) in [4.78, 5) is 13.8. The first-order valence-corrected chi connectivity index (χ1v) is 8.14. The van der Waals surface area contributed by atoms with Gasteiger partial charge in [0, 0.05) is 16.1 Å². The van der Waals surface area contributed by atoms with Crippen molar-refractivity contribution in [2.24, 2.45) is 23.7 Å². The van der Waals surface area contributed by atoms with Crippen LogP contribution in [0.3, 0.4) is 0 Å². The number of anilines is 1. The fourth-order valence-corrected chi connectivity index (χ4v) is 4.71. The van der Waals surface area contributed by atoms with Crippen molar-refractivity contribution in [3.05, 3.63) is 40.4 Å². The van der Waals surface area contributed by atoms with Crippen LogP contribution in [0.25, 0.3) is 0 Å². The molecule has 1 aromatic rings. The summed E-state index contributed by atoms with van der Waals surface area (Å²) in [5.74, 6) is -0.607. The Hall–Kier alpha value is -1.34. The van der Waals surface area contributed by atoms with Crippen LogP contribution in [-0.4, -0.2) is 17.2 Å². The number of alkyl halides is 3. The SMILES string of the molecule is O=C1[C@@H]2[C@H](C(O)N1c1ccc(Br)c(C(F)(F)F)c1)[C@@H]1C=C[C@H]2C1. The Balaban J connectivity index is 1.74. The minimum atomic E-state index is -4.53. The molecule has 1 aliphatic heterocycles. The van der Waals surface area contributed by atoms with Crippen LogP contribution in [0.5, 0.6) is 0 Å². The van der Waals surface area contributed by atoms with E-state index in [0.29, 0.717) is 0 Å². The van der Waals surface area contributed by atoms with Gasteiger partial charge in [-0.3, -0.25) is 9.69 Å². The highest BCUT2D eigenvalue weighted by molar-refractivity contribution is 9.10. The van der Waals surface area contributed by atoms with Crippen molar-refractivity contribution in [1.29, 1.82) is 0 Å². The quantitative estimate of drug-likeness (QED) is 0.748. The lowest BCUT2D eigenvalue weighted by atomic mass is 9.85. The number of fused-ring (bicyclic) bond motifs is 5. The van der Waals surface area contributed by atoms with Crippen molar-refractivity contribution in [2.45, 2.75) is 18.8 Å². The van der Waals surface area contributed by atoms with E-state index in [1.54, 1.807) is 0 Å². The van der Waals surface area contributed by atoms with E-state index in [2.05, 4.69) is 15.9 Å². The first-order chi connectivity index (χ1) is 10.8. The molecule has 0 spiro atoms. The zero-order valence-corrected chi connectivity index (χ0v) is 13.4. The van der Waals surface area contributed by atoms with Crippen LogP contribution in [0, 0.1) is 23.7 Å². The van der Waals surface area contributed by atoms with Gasteiger partial charge in [0.25, 0.3) is 0 Å². The van der Waals surface area contributed by atoms with Crippen molar-refractivity contribution in [2.75, 3.05) is 4.90 Å². The minimum absolute atomic E-state index is 0.0863. The maximum Gasteiger partial charge on any atom is 0.417 e. The van der Waals surface area contributed by atoms with Gasteiger partial charge in [-0.15, -0.1) is 0 Å². The van der Waals surface area contributed by atoms with Gasteiger partial charge >= 0.3 is 6.18 Å². The van der Waals surface area contributed by atoms with Crippen molar-refractivity contribution in [3.63, 3.8) is 0 Å². The minimum Gasteiger partial charge on any atom is -0.373 e. The second kappa shape index (κ2) is 4.83. The Morgan fingerprint density at radius 1 is 1.22 bits per heavy atom. The van der Waals surface area contributed by atoms with Gasteiger partial charge in [0.15, 0.2) is 0 Å². The number of halogens is 4. The van der Waals surface area contributed by atoms with Crippen molar-refractivity contribution >= 4 is 27.5 Å². The van der Waals surface area contributed by atoms with Crippen LogP contribution < -0.4 is 4.90 Å². The standard InChI is InChI=1S/C16H13BrF3NO2/c17-11-4-3-9(6-10(11)16(18,19)20)21-14(22)12-7-1-2-8(5-7)13(12)15(21)23/h1-4,6-8,12-14,22H,5H2/t7-,8+,12-,13+,14?/m1/s1. The summed E-state index contributed by atoms with van der Waals surface area (Å²) in [5, 5.41) is 10.5. The molecule has 4 rings (SSSR count). The number of hydrogen-bond acceptors (Lipinski definition) is 2. The molecule has 1 heterocycles. The number of aliphatic hydroxyl groups excluding tert-OH is 1. The highest BCUT2D eigenvalue weighted by Gasteiger charge is 2.59. The fraction of sp³-hybridized carbons (Fsp3) is 0.438. The third-order valence-electron chi connectivity index (χ3n) is 5.19. The van der Waals surface area contributed by atoms with Gasteiger partial charge in [-0.2, -0.15) is 13.2 Å². The van der Waals surface area contributed by atoms with Gasteiger partial charge in [-0.05, 0) is 36.5 Å². The highest BCUT2D eigenvalue weighted by Crippen LogP contribution is 2.55. The topological polar surface area (TPSA) is 40.5 Å². The number of carbonyl (C=O) groups is 1. The molecule has 7 heteroatoms. The maximum absolute atomic E-state index is 13.1. The zero-order chi connectivity index (χ0) is 16.5. The average Bonchev–Trinajstić information content (AvgIpc) is 3.13. The largest absolute Gasteiger partial charge is 0.417 e. The normalized spacial score (nSPS) is 35.3. The molecule has 5 atom stereocenters.